The third kappa shape index (κ3) is 3.93. The molecule has 6 heteroatoms. The fourth-order valence-electron chi connectivity index (χ4n) is 3.78. The Morgan fingerprint density at radius 3 is 2.52 bits per heavy atom. The van der Waals surface area contributed by atoms with Crippen molar-refractivity contribution in [3.05, 3.63) is 53.6 Å². The van der Waals surface area contributed by atoms with E-state index in [1.165, 1.54) is 5.56 Å². The van der Waals surface area contributed by atoms with Gasteiger partial charge in [0.15, 0.2) is 0 Å². The van der Waals surface area contributed by atoms with Crippen LogP contribution in [0.25, 0.3) is 10.9 Å². The Morgan fingerprint density at radius 1 is 0.966 bits per heavy atom. The van der Waals surface area contributed by atoms with Gasteiger partial charge in [-0.15, -0.1) is 0 Å². The van der Waals surface area contributed by atoms with Crippen LogP contribution in [0.15, 0.2) is 42.5 Å². The van der Waals surface area contributed by atoms with Crippen LogP contribution in [0.3, 0.4) is 0 Å². The molecular weight excluding hydrogens is 368 g/mol. The molecule has 0 bridgehead atoms. The van der Waals surface area contributed by atoms with Gasteiger partial charge in [-0.1, -0.05) is 18.2 Å². The van der Waals surface area contributed by atoms with Gasteiger partial charge in [-0.25, -0.2) is 4.98 Å². The molecule has 0 amide bonds. The van der Waals surface area contributed by atoms with Crippen molar-refractivity contribution >= 4 is 10.9 Å². The number of aromatic nitrogens is 1. The summed E-state index contributed by atoms with van der Waals surface area (Å²) in [5.41, 5.74) is 3.03. The van der Waals surface area contributed by atoms with Crippen molar-refractivity contribution in [2.45, 2.75) is 13.0 Å². The molecule has 29 heavy (non-hydrogen) atoms. The second kappa shape index (κ2) is 8.57. The van der Waals surface area contributed by atoms with E-state index in [9.17, 15) is 0 Å². The van der Waals surface area contributed by atoms with Gasteiger partial charge in [0.1, 0.15) is 29.4 Å². The van der Waals surface area contributed by atoms with E-state index in [2.05, 4.69) is 23.1 Å². The van der Waals surface area contributed by atoms with Gasteiger partial charge in [0.25, 0.3) is 0 Å². The molecule has 0 radical (unpaired) electrons. The van der Waals surface area contributed by atoms with Crippen LogP contribution in [0, 0.1) is 0 Å². The molecule has 2 heterocycles. The first-order valence-corrected chi connectivity index (χ1v) is 9.75. The lowest BCUT2D eigenvalue weighted by molar-refractivity contribution is 0.225. The minimum Gasteiger partial charge on any atom is -0.496 e. The number of ether oxygens (including phenoxy) is 4. The molecule has 0 aliphatic carbocycles. The van der Waals surface area contributed by atoms with Crippen molar-refractivity contribution in [2.75, 3.05) is 41.0 Å². The quantitative estimate of drug-likeness (QED) is 0.636. The van der Waals surface area contributed by atoms with E-state index in [1.54, 1.807) is 21.3 Å². The first-order valence-electron chi connectivity index (χ1n) is 9.75. The Balaban J connectivity index is 1.60. The normalized spacial score (nSPS) is 14.0. The summed E-state index contributed by atoms with van der Waals surface area (Å²) in [6.07, 6.45) is 0.914. The zero-order valence-electron chi connectivity index (χ0n) is 17.1. The molecule has 0 atom stereocenters. The predicted molar refractivity (Wildman–Crippen MR) is 112 cm³/mol. The molecule has 0 saturated heterocycles. The van der Waals surface area contributed by atoms with Crippen LogP contribution >= 0.6 is 0 Å². The number of para-hydroxylation sites is 1. The van der Waals surface area contributed by atoms with Gasteiger partial charge in [0.05, 0.1) is 21.3 Å². The highest BCUT2D eigenvalue weighted by molar-refractivity contribution is 5.91. The molecule has 2 aromatic carbocycles. The standard InChI is InChI=1S/C23H26N2O4/c1-26-19-7-5-4-6-16(19)10-11-25-12-13-29-23-17(15-25)14-18-20(27-2)8-9-21(28-3)22(18)24-23/h4-9,14H,10-13,15H2,1-3H3. The van der Waals surface area contributed by atoms with Gasteiger partial charge in [0.2, 0.25) is 5.88 Å². The monoisotopic (exact) mass is 394 g/mol. The number of rotatable bonds is 6. The van der Waals surface area contributed by atoms with Gasteiger partial charge < -0.3 is 18.9 Å². The maximum absolute atomic E-state index is 5.98. The molecule has 3 aromatic rings. The summed E-state index contributed by atoms with van der Waals surface area (Å²) in [5, 5.41) is 0.931. The third-order valence-electron chi connectivity index (χ3n) is 5.32. The summed E-state index contributed by atoms with van der Waals surface area (Å²) >= 11 is 0. The minimum atomic E-state index is 0.601. The summed E-state index contributed by atoms with van der Waals surface area (Å²) in [4.78, 5) is 7.15. The second-order valence-corrected chi connectivity index (χ2v) is 7.01. The van der Waals surface area contributed by atoms with Crippen LogP contribution in [0.4, 0.5) is 0 Å². The van der Waals surface area contributed by atoms with Crippen molar-refractivity contribution in [3.63, 3.8) is 0 Å². The summed E-state index contributed by atoms with van der Waals surface area (Å²) in [6, 6.07) is 14.1. The Labute approximate surface area is 171 Å². The van der Waals surface area contributed by atoms with Gasteiger partial charge >= 0.3 is 0 Å². The number of hydrogen-bond donors (Lipinski definition) is 0. The predicted octanol–water partition coefficient (Wildman–Crippen LogP) is 3.70. The fraction of sp³-hybridized carbons (Fsp3) is 0.348. The van der Waals surface area contributed by atoms with Crippen LogP contribution in [0.2, 0.25) is 0 Å². The average molecular weight is 394 g/mol. The maximum atomic E-state index is 5.98. The van der Waals surface area contributed by atoms with Gasteiger partial charge in [-0.3, -0.25) is 4.90 Å². The zero-order chi connectivity index (χ0) is 20.2. The van der Waals surface area contributed by atoms with Gasteiger partial charge in [-0.2, -0.15) is 0 Å². The average Bonchev–Trinajstić information content (AvgIpc) is 2.97. The van der Waals surface area contributed by atoms with Crippen molar-refractivity contribution in [1.82, 2.24) is 9.88 Å². The molecule has 1 aliphatic rings. The Hall–Kier alpha value is -2.99. The molecule has 152 valence electrons. The van der Waals surface area contributed by atoms with E-state index >= 15 is 0 Å². The molecule has 4 rings (SSSR count). The summed E-state index contributed by atoms with van der Waals surface area (Å²) in [6.45, 7) is 3.13. The molecule has 0 spiro atoms. The minimum absolute atomic E-state index is 0.601. The highest BCUT2D eigenvalue weighted by Gasteiger charge is 2.20. The number of fused-ring (bicyclic) bond motifs is 2. The molecule has 1 aromatic heterocycles. The van der Waals surface area contributed by atoms with E-state index in [0.29, 0.717) is 18.2 Å². The van der Waals surface area contributed by atoms with Gasteiger partial charge in [-0.05, 0) is 36.2 Å². The molecule has 6 nitrogen and oxygen atoms in total. The Kier molecular flexibility index (Phi) is 5.71. The van der Waals surface area contributed by atoms with Crippen molar-refractivity contribution in [1.29, 1.82) is 0 Å². The van der Waals surface area contributed by atoms with Gasteiger partial charge in [0, 0.05) is 30.6 Å². The summed E-state index contributed by atoms with van der Waals surface area (Å²) in [5.74, 6) is 3.10. The molecule has 1 aliphatic heterocycles. The lowest BCUT2D eigenvalue weighted by atomic mass is 10.1. The van der Waals surface area contributed by atoms with Crippen LogP contribution in [0.1, 0.15) is 11.1 Å². The largest absolute Gasteiger partial charge is 0.496 e. The Bertz CT molecular complexity index is 1010. The third-order valence-corrected chi connectivity index (χ3v) is 5.32. The SMILES string of the molecule is COc1ccccc1CCN1CCOc2nc3c(OC)ccc(OC)c3cc2C1. The maximum Gasteiger partial charge on any atom is 0.218 e. The number of nitrogens with zero attached hydrogens (tertiary/aromatic N) is 2. The van der Waals surface area contributed by atoms with Crippen LogP contribution < -0.4 is 18.9 Å². The van der Waals surface area contributed by atoms with E-state index in [-0.39, 0.29) is 0 Å². The molecule has 0 N–H and O–H groups in total. The van der Waals surface area contributed by atoms with Crippen LogP contribution in [-0.4, -0.2) is 50.9 Å². The first kappa shape index (κ1) is 19.3. The highest BCUT2D eigenvalue weighted by atomic mass is 16.5. The molecule has 0 unspecified atom stereocenters. The van der Waals surface area contributed by atoms with Crippen molar-refractivity contribution < 1.29 is 18.9 Å². The van der Waals surface area contributed by atoms with E-state index in [1.807, 2.05) is 24.3 Å². The zero-order valence-corrected chi connectivity index (χ0v) is 17.1. The Morgan fingerprint density at radius 2 is 1.72 bits per heavy atom. The number of hydrogen-bond acceptors (Lipinski definition) is 6. The first-order chi connectivity index (χ1) is 14.2. The van der Waals surface area contributed by atoms with E-state index in [0.717, 1.165) is 54.0 Å². The molecule has 0 saturated carbocycles. The lowest BCUT2D eigenvalue weighted by Crippen LogP contribution is -2.28. The molecular formula is C23H26N2O4. The fourth-order valence-corrected chi connectivity index (χ4v) is 3.78. The van der Waals surface area contributed by atoms with Crippen LogP contribution in [-0.2, 0) is 13.0 Å². The molecule has 0 fully saturated rings. The topological polar surface area (TPSA) is 53.1 Å². The van der Waals surface area contributed by atoms with E-state index in [4.69, 9.17) is 23.9 Å². The summed E-state index contributed by atoms with van der Waals surface area (Å²) < 4.78 is 22.5. The number of methoxy groups -OCH3 is 3. The highest BCUT2D eigenvalue weighted by Crippen LogP contribution is 2.36. The lowest BCUT2D eigenvalue weighted by Gasteiger charge is -2.20. The smallest absolute Gasteiger partial charge is 0.218 e. The van der Waals surface area contributed by atoms with Crippen LogP contribution in [0.5, 0.6) is 23.1 Å². The number of pyridine rings is 1. The number of benzene rings is 2. The van der Waals surface area contributed by atoms with Crippen molar-refractivity contribution in [3.8, 4) is 23.1 Å². The van der Waals surface area contributed by atoms with Crippen molar-refractivity contribution in [2.24, 2.45) is 0 Å². The second-order valence-electron chi connectivity index (χ2n) is 7.01. The summed E-state index contributed by atoms with van der Waals surface area (Å²) in [7, 11) is 5.03. The van der Waals surface area contributed by atoms with E-state index < -0.39 is 0 Å².